The smallest absolute Gasteiger partial charge is 0.272 e. The zero-order valence-corrected chi connectivity index (χ0v) is 26.2. The van der Waals surface area contributed by atoms with Gasteiger partial charge in [-0.25, -0.2) is 4.98 Å². The molecule has 0 unspecified atom stereocenters. The Morgan fingerprint density at radius 2 is 1.75 bits per heavy atom. The summed E-state index contributed by atoms with van der Waals surface area (Å²) in [6, 6.07) is 26.0. The number of carbonyl (C=O) groups is 3. The number of carbonyl (C=O) groups excluding carboxylic acids is 3. The molecule has 5 aromatic rings. The highest BCUT2D eigenvalue weighted by atomic mass is 35.5. The number of fused-ring (bicyclic) bond motifs is 1. The number of amides is 3. The van der Waals surface area contributed by atoms with Crippen LogP contribution in [-0.4, -0.2) is 35.6 Å². The van der Waals surface area contributed by atoms with E-state index in [2.05, 4.69) is 20.9 Å². The Bertz CT molecular complexity index is 1880. The first-order valence-electron chi connectivity index (χ1n) is 13.1. The normalized spacial score (nSPS) is 11.2. The van der Waals surface area contributed by atoms with Gasteiger partial charge in [-0.1, -0.05) is 64.9 Å². The van der Waals surface area contributed by atoms with Crippen molar-refractivity contribution in [3.05, 3.63) is 118 Å². The van der Waals surface area contributed by atoms with Gasteiger partial charge in [0.05, 0.1) is 23.1 Å². The van der Waals surface area contributed by atoms with Crippen molar-refractivity contribution < 1.29 is 19.1 Å². The van der Waals surface area contributed by atoms with Gasteiger partial charge in [0.1, 0.15) is 11.4 Å². The molecular formula is C32H24Cl2N4O4S2. The standard InChI is InChI=1S/C32H24Cl2N4O4S2/c1-42-23-12-13-26-28(17-23)44-32(37-26)38-29(39)18-43-24-9-5-8-22(16-24)35-31(41)27(14-20-10-11-21(33)15-25(20)34)36-30(40)19-6-3-2-4-7-19/h2-17H,18H2,1H3,(H,35,41)(H,36,40)(H,37,38,39)/b27-14+. The minimum atomic E-state index is -0.562. The predicted octanol–water partition coefficient (Wildman–Crippen LogP) is 7.75. The van der Waals surface area contributed by atoms with Crippen LogP contribution in [-0.2, 0) is 9.59 Å². The minimum absolute atomic E-state index is 0.0195. The molecular weight excluding hydrogens is 639 g/mol. The molecule has 1 aromatic heterocycles. The largest absolute Gasteiger partial charge is 0.497 e. The Labute approximate surface area is 271 Å². The summed E-state index contributed by atoms with van der Waals surface area (Å²) in [5, 5.41) is 9.59. The molecule has 1 heterocycles. The number of hydrogen-bond acceptors (Lipinski definition) is 7. The highest BCUT2D eigenvalue weighted by Gasteiger charge is 2.16. The molecule has 0 aliphatic heterocycles. The molecule has 0 atom stereocenters. The summed E-state index contributed by atoms with van der Waals surface area (Å²) in [5.41, 5.74) is 2.11. The number of methoxy groups -OCH3 is 1. The topological polar surface area (TPSA) is 109 Å². The lowest BCUT2D eigenvalue weighted by molar-refractivity contribution is -0.114. The van der Waals surface area contributed by atoms with Crippen molar-refractivity contribution in [1.82, 2.24) is 10.3 Å². The molecule has 222 valence electrons. The molecule has 0 radical (unpaired) electrons. The van der Waals surface area contributed by atoms with E-state index in [1.165, 1.54) is 29.2 Å². The lowest BCUT2D eigenvalue weighted by Crippen LogP contribution is -2.30. The van der Waals surface area contributed by atoms with Crippen molar-refractivity contribution in [3.63, 3.8) is 0 Å². The van der Waals surface area contributed by atoms with Crippen LogP contribution >= 0.6 is 46.3 Å². The number of thioether (sulfide) groups is 1. The van der Waals surface area contributed by atoms with E-state index in [1.807, 2.05) is 24.3 Å². The van der Waals surface area contributed by atoms with Crippen molar-refractivity contribution >= 4 is 91.1 Å². The number of benzene rings is 4. The maximum atomic E-state index is 13.4. The molecule has 0 saturated heterocycles. The fourth-order valence-corrected chi connectivity index (χ4v) is 6.10. The van der Waals surface area contributed by atoms with Crippen molar-refractivity contribution in [1.29, 1.82) is 0 Å². The second-order valence-corrected chi connectivity index (χ2v) is 12.1. The van der Waals surface area contributed by atoms with Crippen LogP contribution in [0.1, 0.15) is 15.9 Å². The first kappa shape index (κ1) is 31.1. The van der Waals surface area contributed by atoms with Crippen LogP contribution in [0.3, 0.4) is 0 Å². The number of ether oxygens (including phenoxy) is 1. The molecule has 4 aromatic carbocycles. The third-order valence-corrected chi connectivity index (χ3v) is 8.58. The average Bonchev–Trinajstić information content (AvgIpc) is 3.42. The van der Waals surface area contributed by atoms with Crippen LogP contribution in [0.4, 0.5) is 10.8 Å². The van der Waals surface area contributed by atoms with E-state index in [1.54, 1.807) is 73.8 Å². The SMILES string of the molecule is COc1ccc2nc(NC(=O)CSc3cccc(NC(=O)/C(=C\c4ccc(Cl)cc4Cl)NC(=O)c4ccccc4)c3)sc2c1. The zero-order valence-electron chi connectivity index (χ0n) is 23.1. The number of hydrogen-bond donors (Lipinski definition) is 3. The van der Waals surface area contributed by atoms with E-state index in [0.717, 1.165) is 20.9 Å². The molecule has 3 amide bonds. The number of thiazole rings is 1. The summed E-state index contributed by atoms with van der Waals surface area (Å²) in [5.74, 6) is -0.391. The number of nitrogens with zero attached hydrogens (tertiary/aromatic N) is 1. The van der Waals surface area contributed by atoms with Crippen molar-refractivity contribution in [2.24, 2.45) is 0 Å². The zero-order chi connectivity index (χ0) is 31.1. The van der Waals surface area contributed by atoms with Crippen molar-refractivity contribution in [3.8, 4) is 5.75 Å². The number of anilines is 2. The average molecular weight is 664 g/mol. The lowest BCUT2D eigenvalue weighted by atomic mass is 10.1. The Kier molecular flexibility index (Phi) is 10.2. The monoisotopic (exact) mass is 662 g/mol. The molecule has 5 rings (SSSR count). The van der Waals surface area contributed by atoms with E-state index in [-0.39, 0.29) is 17.4 Å². The van der Waals surface area contributed by atoms with E-state index >= 15 is 0 Å². The Morgan fingerprint density at radius 1 is 0.932 bits per heavy atom. The van der Waals surface area contributed by atoms with Crippen LogP contribution in [0.25, 0.3) is 16.3 Å². The van der Waals surface area contributed by atoms with Crippen molar-refractivity contribution in [2.45, 2.75) is 4.90 Å². The number of rotatable bonds is 10. The highest BCUT2D eigenvalue weighted by molar-refractivity contribution is 8.00. The second kappa shape index (κ2) is 14.4. The van der Waals surface area contributed by atoms with E-state index < -0.39 is 11.8 Å². The molecule has 0 bridgehead atoms. The fourth-order valence-electron chi connectivity index (χ4n) is 3.97. The van der Waals surface area contributed by atoms with Gasteiger partial charge in [0, 0.05) is 26.2 Å². The van der Waals surface area contributed by atoms with Crippen LogP contribution in [0.2, 0.25) is 10.0 Å². The fraction of sp³-hybridized carbons (Fsp3) is 0.0625. The Hall–Kier alpha value is -4.35. The Morgan fingerprint density at radius 3 is 2.52 bits per heavy atom. The Balaban J connectivity index is 1.26. The van der Waals surface area contributed by atoms with Gasteiger partial charge in [-0.05, 0) is 72.3 Å². The summed E-state index contributed by atoms with van der Waals surface area (Å²) in [6.07, 6.45) is 1.48. The van der Waals surface area contributed by atoms with Crippen LogP contribution < -0.4 is 20.7 Å². The molecule has 8 nitrogen and oxygen atoms in total. The second-order valence-electron chi connectivity index (χ2n) is 9.22. The van der Waals surface area contributed by atoms with E-state index in [0.29, 0.717) is 32.0 Å². The molecule has 0 fully saturated rings. The predicted molar refractivity (Wildman–Crippen MR) is 179 cm³/mol. The number of aromatic nitrogens is 1. The number of nitrogens with one attached hydrogen (secondary N) is 3. The summed E-state index contributed by atoms with van der Waals surface area (Å²) in [7, 11) is 1.60. The van der Waals surface area contributed by atoms with Crippen LogP contribution in [0.5, 0.6) is 5.75 Å². The summed E-state index contributed by atoms with van der Waals surface area (Å²) < 4.78 is 6.15. The van der Waals surface area contributed by atoms with Gasteiger partial charge in [-0.2, -0.15) is 0 Å². The van der Waals surface area contributed by atoms with Crippen molar-refractivity contribution in [2.75, 3.05) is 23.5 Å². The van der Waals surface area contributed by atoms with Crippen LogP contribution in [0.15, 0.2) is 102 Å². The van der Waals surface area contributed by atoms with Gasteiger partial charge in [-0.3, -0.25) is 14.4 Å². The molecule has 0 saturated carbocycles. The third kappa shape index (κ3) is 8.18. The van der Waals surface area contributed by atoms with Gasteiger partial charge in [-0.15, -0.1) is 11.8 Å². The quantitative estimate of drug-likeness (QED) is 0.104. The minimum Gasteiger partial charge on any atom is -0.497 e. The van der Waals surface area contributed by atoms with Gasteiger partial charge >= 0.3 is 0 Å². The number of halogens is 2. The van der Waals surface area contributed by atoms with Gasteiger partial charge in [0.25, 0.3) is 11.8 Å². The van der Waals surface area contributed by atoms with E-state index in [9.17, 15) is 14.4 Å². The molecule has 0 spiro atoms. The summed E-state index contributed by atoms with van der Waals surface area (Å²) in [6.45, 7) is 0. The van der Waals surface area contributed by atoms with Crippen LogP contribution in [0, 0.1) is 0 Å². The van der Waals surface area contributed by atoms with Gasteiger partial charge < -0.3 is 20.7 Å². The molecule has 12 heteroatoms. The summed E-state index contributed by atoms with van der Waals surface area (Å²) in [4.78, 5) is 44.2. The first-order valence-corrected chi connectivity index (χ1v) is 15.6. The summed E-state index contributed by atoms with van der Waals surface area (Å²) >= 11 is 15.0. The lowest BCUT2D eigenvalue weighted by Gasteiger charge is -2.12. The molecule has 3 N–H and O–H groups in total. The molecule has 0 aliphatic rings. The first-order chi connectivity index (χ1) is 21.3. The third-order valence-electron chi connectivity index (χ3n) is 6.09. The highest BCUT2D eigenvalue weighted by Crippen LogP contribution is 2.30. The van der Waals surface area contributed by atoms with E-state index in [4.69, 9.17) is 27.9 Å². The maximum Gasteiger partial charge on any atom is 0.272 e. The van der Waals surface area contributed by atoms with Gasteiger partial charge in [0.15, 0.2) is 5.13 Å². The molecule has 44 heavy (non-hydrogen) atoms. The van der Waals surface area contributed by atoms with Gasteiger partial charge in [0.2, 0.25) is 5.91 Å². The molecule has 0 aliphatic carbocycles. The maximum absolute atomic E-state index is 13.4.